The lowest BCUT2D eigenvalue weighted by atomic mass is 10.2. The molecule has 5 rings (SSSR count). The summed E-state index contributed by atoms with van der Waals surface area (Å²) in [6.45, 7) is 13.3. The summed E-state index contributed by atoms with van der Waals surface area (Å²) in [6.07, 6.45) is -0.627. The van der Waals surface area contributed by atoms with E-state index in [1.807, 2.05) is 13.8 Å². The molecule has 0 aromatic heterocycles. The molecule has 0 N–H and O–H groups in total. The first kappa shape index (κ1) is 25.8. The minimum absolute atomic E-state index is 0.313. The molecule has 37 heavy (non-hydrogen) atoms. The summed E-state index contributed by atoms with van der Waals surface area (Å²) in [5, 5.41) is 7.08. The van der Waals surface area contributed by atoms with Crippen molar-refractivity contribution in [3.8, 4) is 0 Å². The SMILES string of the molecule is C=C(C1OC(C)(C)OC1C(=C)P(c1ccccc1)c1ccccc1)P(c1ccccc1)c1ccccc1. The number of ether oxygens (including phenoxy) is 2. The van der Waals surface area contributed by atoms with Crippen molar-refractivity contribution in [1.82, 2.24) is 0 Å². The van der Waals surface area contributed by atoms with Crippen LogP contribution < -0.4 is 21.2 Å². The van der Waals surface area contributed by atoms with Gasteiger partial charge in [-0.2, -0.15) is 0 Å². The second-order valence-electron chi connectivity index (χ2n) is 9.47. The van der Waals surface area contributed by atoms with Gasteiger partial charge in [0.15, 0.2) is 5.79 Å². The van der Waals surface area contributed by atoms with E-state index in [0.717, 1.165) is 10.6 Å². The maximum atomic E-state index is 6.63. The molecule has 2 nitrogen and oxygen atoms in total. The van der Waals surface area contributed by atoms with Crippen molar-refractivity contribution < 1.29 is 9.47 Å². The van der Waals surface area contributed by atoms with Crippen molar-refractivity contribution >= 4 is 37.1 Å². The molecule has 2 atom stereocenters. The predicted molar refractivity (Wildman–Crippen MR) is 160 cm³/mol. The van der Waals surface area contributed by atoms with Gasteiger partial charge >= 0.3 is 0 Å². The topological polar surface area (TPSA) is 18.5 Å². The van der Waals surface area contributed by atoms with Gasteiger partial charge in [0.25, 0.3) is 0 Å². The zero-order valence-corrected chi connectivity index (χ0v) is 23.1. The third kappa shape index (κ3) is 5.69. The first-order valence-corrected chi connectivity index (χ1v) is 15.2. The molecular weight excluding hydrogens is 490 g/mol. The Bertz CT molecular complexity index is 1150. The number of benzene rings is 4. The van der Waals surface area contributed by atoms with E-state index in [-0.39, 0.29) is 12.2 Å². The van der Waals surface area contributed by atoms with Gasteiger partial charge in [-0.25, -0.2) is 0 Å². The summed E-state index contributed by atoms with van der Waals surface area (Å²) in [5.74, 6) is -0.746. The summed E-state index contributed by atoms with van der Waals surface area (Å²) in [7, 11) is -1.75. The van der Waals surface area contributed by atoms with E-state index < -0.39 is 21.6 Å². The molecule has 0 aliphatic carbocycles. The first-order valence-electron chi connectivity index (χ1n) is 12.5. The third-order valence-corrected chi connectivity index (χ3v) is 11.3. The summed E-state index contributed by atoms with van der Waals surface area (Å²) < 4.78 is 13.3. The van der Waals surface area contributed by atoms with Crippen LogP contribution >= 0.6 is 15.8 Å². The van der Waals surface area contributed by atoms with Gasteiger partial charge in [-0.1, -0.05) is 134 Å². The second kappa shape index (κ2) is 11.3. The van der Waals surface area contributed by atoms with Crippen LogP contribution in [0.5, 0.6) is 0 Å². The zero-order valence-electron chi connectivity index (χ0n) is 21.3. The molecule has 0 saturated carbocycles. The Balaban J connectivity index is 1.56. The normalized spacial score (nSPS) is 18.7. The average molecular weight is 523 g/mol. The van der Waals surface area contributed by atoms with E-state index in [1.54, 1.807) is 0 Å². The molecule has 1 heterocycles. The third-order valence-electron chi connectivity index (χ3n) is 6.39. The van der Waals surface area contributed by atoms with Crippen molar-refractivity contribution in [3.63, 3.8) is 0 Å². The van der Waals surface area contributed by atoms with E-state index in [9.17, 15) is 0 Å². The van der Waals surface area contributed by atoms with Crippen LogP contribution in [0.15, 0.2) is 145 Å². The van der Waals surface area contributed by atoms with Gasteiger partial charge in [-0.05, 0) is 61.5 Å². The molecule has 0 bridgehead atoms. The fraction of sp³-hybridized carbons (Fsp3) is 0.152. The molecule has 186 valence electrons. The summed E-state index contributed by atoms with van der Waals surface area (Å²) in [6, 6.07) is 42.5. The average Bonchev–Trinajstić information content (AvgIpc) is 3.27. The molecule has 0 spiro atoms. The van der Waals surface area contributed by atoms with E-state index in [1.165, 1.54) is 21.2 Å². The van der Waals surface area contributed by atoms with Crippen molar-refractivity contribution in [1.29, 1.82) is 0 Å². The van der Waals surface area contributed by atoms with Crippen LogP contribution in [0.1, 0.15) is 13.8 Å². The van der Waals surface area contributed by atoms with Crippen molar-refractivity contribution in [2.24, 2.45) is 0 Å². The van der Waals surface area contributed by atoms with E-state index in [2.05, 4.69) is 134 Å². The monoisotopic (exact) mass is 522 g/mol. The second-order valence-corrected chi connectivity index (χ2v) is 14.0. The maximum absolute atomic E-state index is 6.63. The Labute approximate surface area is 223 Å². The van der Waals surface area contributed by atoms with Gasteiger partial charge in [0.1, 0.15) is 12.2 Å². The van der Waals surface area contributed by atoms with Gasteiger partial charge in [0, 0.05) is 0 Å². The highest BCUT2D eigenvalue weighted by atomic mass is 31.1. The van der Waals surface area contributed by atoms with Gasteiger partial charge in [0.05, 0.1) is 0 Å². The highest BCUT2D eigenvalue weighted by molar-refractivity contribution is 7.77. The Morgan fingerprint density at radius 2 is 0.757 bits per heavy atom. The molecule has 0 radical (unpaired) electrons. The molecule has 1 fully saturated rings. The Morgan fingerprint density at radius 3 is 1.00 bits per heavy atom. The molecule has 2 unspecified atom stereocenters. The maximum Gasteiger partial charge on any atom is 0.164 e. The summed E-state index contributed by atoms with van der Waals surface area (Å²) >= 11 is 0. The van der Waals surface area contributed by atoms with E-state index in [0.29, 0.717) is 0 Å². The lowest BCUT2D eigenvalue weighted by Crippen LogP contribution is -2.30. The first-order chi connectivity index (χ1) is 17.9. The highest BCUT2D eigenvalue weighted by Crippen LogP contribution is 2.54. The van der Waals surface area contributed by atoms with Gasteiger partial charge < -0.3 is 9.47 Å². The van der Waals surface area contributed by atoms with Crippen molar-refractivity contribution in [3.05, 3.63) is 145 Å². The smallest absolute Gasteiger partial charge is 0.164 e. The number of rotatable bonds is 8. The summed E-state index contributed by atoms with van der Waals surface area (Å²) in [5.41, 5.74) is 0. The molecule has 1 saturated heterocycles. The van der Waals surface area contributed by atoms with Crippen LogP contribution in [-0.2, 0) is 9.47 Å². The molecule has 4 aromatic carbocycles. The largest absolute Gasteiger partial charge is 0.339 e. The predicted octanol–water partition coefficient (Wildman–Crippen LogP) is 6.80. The van der Waals surface area contributed by atoms with Crippen LogP contribution in [0.25, 0.3) is 0 Å². The number of hydrogen-bond acceptors (Lipinski definition) is 2. The van der Waals surface area contributed by atoms with Crippen LogP contribution in [0, 0.1) is 0 Å². The molecule has 4 aromatic rings. The molecule has 4 heteroatoms. The molecule has 0 amide bonds. The Hall–Kier alpha value is -2.86. The van der Waals surface area contributed by atoms with Crippen LogP contribution in [-0.4, -0.2) is 18.0 Å². The fourth-order valence-corrected chi connectivity index (χ4v) is 9.46. The van der Waals surface area contributed by atoms with Crippen LogP contribution in [0.2, 0.25) is 0 Å². The summed E-state index contributed by atoms with van der Waals surface area (Å²) in [4.78, 5) is 0. The van der Waals surface area contributed by atoms with Crippen molar-refractivity contribution in [2.75, 3.05) is 0 Å². The lowest BCUT2D eigenvalue weighted by molar-refractivity contribution is -0.139. The van der Waals surface area contributed by atoms with Gasteiger partial charge in [-0.3, -0.25) is 0 Å². The fourth-order valence-electron chi connectivity index (χ4n) is 4.77. The van der Waals surface area contributed by atoms with Gasteiger partial charge in [-0.15, -0.1) is 0 Å². The van der Waals surface area contributed by atoms with E-state index >= 15 is 0 Å². The van der Waals surface area contributed by atoms with E-state index in [4.69, 9.17) is 9.47 Å². The van der Waals surface area contributed by atoms with Crippen molar-refractivity contribution in [2.45, 2.75) is 31.8 Å². The Morgan fingerprint density at radius 1 is 0.514 bits per heavy atom. The minimum atomic E-state index is -0.877. The molecular formula is C33H32O2P2. The Kier molecular flexibility index (Phi) is 7.84. The highest BCUT2D eigenvalue weighted by Gasteiger charge is 2.47. The number of hydrogen-bond donors (Lipinski definition) is 0. The molecule has 1 aliphatic heterocycles. The standard InChI is InChI=1S/C33H32O2P2/c1-25(36(27-17-9-5-10-18-27)28-19-11-6-12-20-28)31-32(35-33(3,4)34-31)26(2)37(29-21-13-7-14-22-29)30-23-15-8-16-24-30/h5-24,31-32H,1-2H2,3-4H3. The van der Waals surface area contributed by atoms with Gasteiger partial charge in [0.2, 0.25) is 0 Å². The quantitative estimate of drug-likeness (QED) is 0.237. The molecule has 1 aliphatic rings. The lowest BCUT2D eigenvalue weighted by Gasteiger charge is -2.31. The van der Waals surface area contributed by atoms with Crippen LogP contribution in [0.3, 0.4) is 0 Å². The van der Waals surface area contributed by atoms with Crippen LogP contribution in [0.4, 0.5) is 0 Å². The minimum Gasteiger partial charge on any atom is -0.339 e. The zero-order chi connectivity index (χ0) is 25.8.